The van der Waals surface area contributed by atoms with Gasteiger partial charge in [0, 0.05) is 12.1 Å². The minimum absolute atomic E-state index is 0.203. The molecule has 0 unspecified atom stereocenters. The molecule has 0 aliphatic carbocycles. The number of rotatable bonds is 5. The second-order valence-electron chi connectivity index (χ2n) is 4.70. The number of carbonyl (C=O) groups is 1. The molecule has 0 fully saturated rings. The summed E-state index contributed by atoms with van der Waals surface area (Å²) in [5, 5.41) is 19.9. The predicted molar refractivity (Wildman–Crippen MR) is 75.8 cm³/mol. The summed E-state index contributed by atoms with van der Waals surface area (Å²) < 4.78 is 44.1. The van der Waals surface area contributed by atoms with Crippen LogP contribution in [0.3, 0.4) is 0 Å². The van der Waals surface area contributed by atoms with Crippen LogP contribution in [0.4, 0.5) is 18.9 Å². The van der Waals surface area contributed by atoms with Gasteiger partial charge in [-0.2, -0.15) is 13.2 Å². The molecule has 1 N–H and O–H groups in total. The maximum atomic E-state index is 13.0. The van der Waals surface area contributed by atoms with Crippen molar-refractivity contribution >= 4 is 11.7 Å². The second-order valence-corrected chi connectivity index (χ2v) is 4.70. The lowest BCUT2D eigenvalue weighted by molar-refractivity contribution is -0.386. The first kappa shape index (κ1) is 17.3. The van der Waals surface area contributed by atoms with Crippen LogP contribution in [0.2, 0.25) is 0 Å². The van der Waals surface area contributed by atoms with Gasteiger partial charge in [-0.05, 0) is 5.56 Å². The number of nitrogens with zero attached hydrogens (tertiary/aromatic N) is 1. The van der Waals surface area contributed by atoms with E-state index in [0.29, 0.717) is 17.7 Å². The molecule has 0 aliphatic heterocycles. The standard InChI is InChI=1S/C15H10F3NO5/c16-15(17,18)11-7-13(24-8-9-4-2-1-3-5-9)12(19(22)23)6-10(11)14(20)21/h1-7H,8H2,(H,20,21). The SMILES string of the molecule is O=C(O)c1cc([N+](=O)[O-])c(OCc2ccccc2)cc1C(F)(F)F. The van der Waals surface area contributed by atoms with E-state index in [0.717, 1.165) is 0 Å². The van der Waals surface area contributed by atoms with E-state index >= 15 is 0 Å². The molecule has 0 radical (unpaired) electrons. The van der Waals surface area contributed by atoms with Gasteiger partial charge in [-0.15, -0.1) is 0 Å². The lowest BCUT2D eigenvalue weighted by Crippen LogP contribution is -2.14. The molecule has 0 atom stereocenters. The Labute approximate surface area is 133 Å². The van der Waals surface area contributed by atoms with Crippen molar-refractivity contribution < 1.29 is 32.7 Å². The number of hydrogen-bond donors (Lipinski definition) is 1. The Balaban J connectivity index is 2.48. The lowest BCUT2D eigenvalue weighted by atomic mass is 10.1. The van der Waals surface area contributed by atoms with Crippen molar-refractivity contribution in [3.05, 3.63) is 69.3 Å². The van der Waals surface area contributed by atoms with Crippen molar-refractivity contribution in [3.63, 3.8) is 0 Å². The third-order valence-electron chi connectivity index (χ3n) is 3.07. The number of benzene rings is 2. The Hall–Kier alpha value is -3.10. The summed E-state index contributed by atoms with van der Waals surface area (Å²) in [6.45, 7) is -0.203. The number of carboxylic acids is 1. The van der Waals surface area contributed by atoms with Gasteiger partial charge in [-0.3, -0.25) is 10.1 Å². The molecular weight excluding hydrogens is 331 g/mol. The zero-order valence-corrected chi connectivity index (χ0v) is 11.9. The van der Waals surface area contributed by atoms with Crippen molar-refractivity contribution in [2.75, 3.05) is 0 Å². The normalized spacial score (nSPS) is 11.1. The highest BCUT2D eigenvalue weighted by Gasteiger charge is 2.38. The molecule has 0 saturated heterocycles. The van der Waals surface area contributed by atoms with Crippen LogP contribution in [-0.2, 0) is 12.8 Å². The average Bonchev–Trinajstić information content (AvgIpc) is 2.52. The summed E-state index contributed by atoms with van der Waals surface area (Å²) in [5.41, 5.74) is -2.98. The number of carboxylic acid groups (broad SMARTS) is 1. The molecule has 0 amide bonds. The fourth-order valence-electron chi connectivity index (χ4n) is 1.97. The first-order chi connectivity index (χ1) is 11.2. The molecule has 0 spiro atoms. The summed E-state index contributed by atoms with van der Waals surface area (Å²) in [6.07, 6.45) is -4.99. The first-order valence-electron chi connectivity index (χ1n) is 6.50. The number of halogens is 3. The monoisotopic (exact) mass is 341 g/mol. The highest BCUT2D eigenvalue weighted by atomic mass is 19.4. The molecule has 24 heavy (non-hydrogen) atoms. The third kappa shape index (κ3) is 3.80. The molecule has 0 saturated carbocycles. The molecular formula is C15H10F3NO5. The summed E-state index contributed by atoms with van der Waals surface area (Å²) in [4.78, 5) is 21.0. The molecule has 126 valence electrons. The Morgan fingerprint density at radius 1 is 1.21 bits per heavy atom. The Morgan fingerprint density at radius 2 is 1.83 bits per heavy atom. The first-order valence-corrected chi connectivity index (χ1v) is 6.50. The van der Waals surface area contributed by atoms with Crippen molar-refractivity contribution in [3.8, 4) is 5.75 Å². The number of nitro groups is 1. The van der Waals surface area contributed by atoms with Crippen LogP contribution in [0.25, 0.3) is 0 Å². The van der Waals surface area contributed by atoms with Gasteiger partial charge in [-0.1, -0.05) is 30.3 Å². The van der Waals surface area contributed by atoms with Crippen molar-refractivity contribution in [1.82, 2.24) is 0 Å². The van der Waals surface area contributed by atoms with Crippen LogP contribution >= 0.6 is 0 Å². The van der Waals surface area contributed by atoms with Crippen LogP contribution in [0, 0.1) is 10.1 Å². The quantitative estimate of drug-likeness (QED) is 0.658. The van der Waals surface area contributed by atoms with Gasteiger partial charge < -0.3 is 9.84 Å². The summed E-state index contributed by atoms with van der Waals surface area (Å²) in [7, 11) is 0. The van der Waals surface area contributed by atoms with Gasteiger partial charge in [0.05, 0.1) is 16.1 Å². The predicted octanol–water partition coefficient (Wildman–Crippen LogP) is 3.89. The highest BCUT2D eigenvalue weighted by Crippen LogP contribution is 2.39. The molecule has 0 heterocycles. The van der Waals surface area contributed by atoms with Gasteiger partial charge in [0.1, 0.15) is 6.61 Å². The van der Waals surface area contributed by atoms with Gasteiger partial charge in [-0.25, -0.2) is 4.79 Å². The van der Waals surface area contributed by atoms with Crippen molar-refractivity contribution in [2.24, 2.45) is 0 Å². The van der Waals surface area contributed by atoms with Gasteiger partial charge in [0.2, 0.25) is 0 Å². The molecule has 0 aliphatic rings. The van der Waals surface area contributed by atoms with E-state index < -0.39 is 39.6 Å². The van der Waals surface area contributed by atoms with E-state index in [1.165, 1.54) is 0 Å². The maximum Gasteiger partial charge on any atom is 0.417 e. The molecule has 9 heteroatoms. The molecule has 2 rings (SSSR count). The Kier molecular flexibility index (Phi) is 4.72. The minimum atomic E-state index is -4.99. The summed E-state index contributed by atoms with van der Waals surface area (Å²) >= 11 is 0. The zero-order valence-electron chi connectivity index (χ0n) is 11.9. The maximum absolute atomic E-state index is 13.0. The van der Waals surface area contributed by atoms with Gasteiger partial charge >= 0.3 is 17.8 Å². The fourth-order valence-corrected chi connectivity index (χ4v) is 1.97. The highest BCUT2D eigenvalue weighted by molar-refractivity contribution is 5.91. The number of aromatic carboxylic acids is 1. The van der Waals surface area contributed by atoms with Gasteiger partial charge in [0.15, 0.2) is 5.75 Å². The third-order valence-corrected chi connectivity index (χ3v) is 3.07. The number of nitro benzene ring substituents is 1. The largest absolute Gasteiger partial charge is 0.482 e. The van der Waals surface area contributed by atoms with E-state index in [9.17, 15) is 28.1 Å². The number of alkyl halides is 3. The average molecular weight is 341 g/mol. The van der Waals surface area contributed by atoms with Crippen molar-refractivity contribution in [2.45, 2.75) is 12.8 Å². The fraction of sp³-hybridized carbons (Fsp3) is 0.133. The van der Waals surface area contributed by atoms with Crippen LogP contribution in [0.15, 0.2) is 42.5 Å². The lowest BCUT2D eigenvalue weighted by Gasteiger charge is -2.13. The van der Waals surface area contributed by atoms with Gasteiger partial charge in [0.25, 0.3) is 0 Å². The van der Waals surface area contributed by atoms with Crippen LogP contribution in [-0.4, -0.2) is 16.0 Å². The van der Waals surface area contributed by atoms with E-state index in [4.69, 9.17) is 9.84 Å². The van der Waals surface area contributed by atoms with E-state index in [1.807, 2.05) is 0 Å². The smallest absolute Gasteiger partial charge is 0.417 e. The number of ether oxygens (including phenoxy) is 1. The Bertz CT molecular complexity index is 775. The topological polar surface area (TPSA) is 89.7 Å². The van der Waals surface area contributed by atoms with E-state index in [1.54, 1.807) is 30.3 Å². The zero-order chi connectivity index (χ0) is 17.9. The molecule has 2 aromatic carbocycles. The van der Waals surface area contributed by atoms with E-state index in [-0.39, 0.29) is 6.61 Å². The van der Waals surface area contributed by atoms with E-state index in [2.05, 4.69) is 0 Å². The van der Waals surface area contributed by atoms with Crippen LogP contribution in [0.1, 0.15) is 21.5 Å². The summed E-state index contributed by atoms with van der Waals surface area (Å²) in [5.74, 6) is -2.57. The van der Waals surface area contributed by atoms with Crippen LogP contribution < -0.4 is 4.74 Å². The number of hydrogen-bond acceptors (Lipinski definition) is 4. The van der Waals surface area contributed by atoms with Crippen LogP contribution in [0.5, 0.6) is 5.75 Å². The molecule has 2 aromatic rings. The second kappa shape index (κ2) is 6.57. The minimum Gasteiger partial charge on any atom is -0.482 e. The van der Waals surface area contributed by atoms with Crippen molar-refractivity contribution in [1.29, 1.82) is 0 Å². The molecule has 6 nitrogen and oxygen atoms in total. The Morgan fingerprint density at radius 3 is 2.33 bits per heavy atom. The molecule has 0 aromatic heterocycles. The molecule has 0 bridgehead atoms. The summed E-state index contributed by atoms with van der Waals surface area (Å²) in [6, 6.07) is 9.00.